The third-order valence-corrected chi connectivity index (χ3v) is 4.65. The van der Waals surface area contributed by atoms with E-state index < -0.39 is 12.6 Å². The van der Waals surface area contributed by atoms with Gasteiger partial charge in [-0.1, -0.05) is 30.3 Å². The molecule has 2 rings (SSSR count). The second-order valence-electron chi connectivity index (χ2n) is 5.05. The summed E-state index contributed by atoms with van der Waals surface area (Å²) in [4.78, 5) is 12.2. The number of hydrogen-bond acceptors (Lipinski definition) is 3. The van der Waals surface area contributed by atoms with Crippen LogP contribution in [-0.2, 0) is 17.6 Å². The van der Waals surface area contributed by atoms with Crippen molar-refractivity contribution in [2.75, 3.05) is 20.4 Å². The van der Waals surface area contributed by atoms with E-state index in [2.05, 4.69) is 22.6 Å². The number of carbonyl (C=O) groups is 1. The predicted molar refractivity (Wildman–Crippen MR) is 96.4 cm³/mol. The lowest BCUT2D eigenvalue weighted by atomic mass is 9.93. The third-order valence-electron chi connectivity index (χ3n) is 3.65. The lowest BCUT2D eigenvalue weighted by molar-refractivity contribution is 0.0600. The molecule has 0 unspecified atom stereocenters. The summed E-state index contributed by atoms with van der Waals surface area (Å²) in [7, 11) is 1.34. The van der Waals surface area contributed by atoms with E-state index in [-0.39, 0.29) is 6.61 Å². The van der Waals surface area contributed by atoms with E-state index in [9.17, 15) is 14.3 Å². The Bertz CT molecular complexity index is 701. The second-order valence-corrected chi connectivity index (χ2v) is 6.21. The Morgan fingerprint density at radius 3 is 2.61 bits per heavy atom. The SMILES string of the molecule is COC(=O)c1c(CCO)cccc1-c1ccc(CCF)c(I)c1. The number of esters is 1. The molecule has 3 nitrogen and oxygen atoms in total. The van der Waals surface area contributed by atoms with Crippen molar-refractivity contribution in [3.8, 4) is 11.1 Å². The first-order valence-corrected chi connectivity index (χ1v) is 8.36. The van der Waals surface area contributed by atoms with Gasteiger partial charge in [0.15, 0.2) is 0 Å². The van der Waals surface area contributed by atoms with Crippen LogP contribution in [0.15, 0.2) is 36.4 Å². The molecule has 0 aromatic heterocycles. The van der Waals surface area contributed by atoms with E-state index in [1.165, 1.54) is 7.11 Å². The zero-order valence-electron chi connectivity index (χ0n) is 12.8. The van der Waals surface area contributed by atoms with Crippen molar-refractivity contribution in [1.29, 1.82) is 0 Å². The van der Waals surface area contributed by atoms with Crippen LogP contribution in [0.5, 0.6) is 0 Å². The van der Waals surface area contributed by atoms with Crippen molar-refractivity contribution >= 4 is 28.6 Å². The van der Waals surface area contributed by atoms with E-state index >= 15 is 0 Å². The summed E-state index contributed by atoms with van der Waals surface area (Å²) in [6.45, 7) is -0.435. The van der Waals surface area contributed by atoms with Crippen molar-refractivity contribution in [2.24, 2.45) is 0 Å². The third kappa shape index (κ3) is 4.09. The summed E-state index contributed by atoms with van der Waals surface area (Å²) in [6.07, 6.45) is 0.766. The first-order valence-electron chi connectivity index (χ1n) is 7.28. The summed E-state index contributed by atoms with van der Waals surface area (Å²) in [5.41, 5.74) is 3.80. The highest BCUT2D eigenvalue weighted by Gasteiger charge is 2.18. The molecule has 0 radical (unpaired) electrons. The highest BCUT2D eigenvalue weighted by molar-refractivity contribution is 14.1. The summed E-state index contributed by atoms with van der Waals surface area (Å²) in [6, 6.07) is 11.2. The van der Waals surface area contributed by atoms with Gasteiger partial charge in [0.05, 0.1) is 19.3 Å². The molecule has 0 heterocycles. The number of alkyl halides is 1. The number of aliphatic hydroxyl groups is 1. The van der Waals surface area contributed by atoms with Crippen LogP contribution in [0.1, 0.15) is 21.5 Å². The van der Waals surface area contributed by atoms with Gasteiger partial charge >= 0.3 is 5.97 Å². The van der Waals surface area contributed by atoms with Gasteiger partial charge < -0.3 is 9.84 Å². The van der Waals surface area contributed by atoms with Crippen LogP contribution in [0.2, 0.25) is 0 Å². The minimum absolute atomic E-state index is 0.0413. The largest absolute Gasteiger partial charge is 0.465 e. The number of hydrogen-bond donors (Lipinski definition) is 1. The molecule has 0 saturated heterocycles. The van der Waals surface area contributed by atoms with Crippen molar-refractivity contribution in [1.82, 2.24) is 0 Å². The molecule has 0 amide bonds. The smallest absolute Gasteiger partial charge is 0.338 e. The van der Waals surface area contributed by atoms with Gasteiger partial charge in [-0.25, -0.2) is 4.79 Å². The average molecular weight is 428 g/mol. The van der Waals surface area contributed by atoms with E-state index in [0.29, 0.717) is 18.4 Å². The first kappa shape index (κ1) is 17.9. The molecular formula is C18H18FIO3. The summed E-state index contributed by atoms with van der Waals surface area (Å²) in [5.74, 6) is -0.424. The second kappa shape index (κ2) is 8.40. The zero-order valence-corrected chi connectivity index (χ0v) is 15.0. The normalized spacial score (nSPS) is 10.6. The fraction of sp³-hybridized carbons (Fsp3) is 0.278. The Hall–Kier alpha value is -1.47. The van der Waals surface area contributed by atoms with Gasteiger partial charge in [0.1, 0.15) is 0 Å². The number of methoxy groups -OCH3 is 1. The lowest BCUT2D eigenvalue weighted by Gasteiger charge is -2.14. The fourth-order valence-corrected chi connectivity index (χ4v) is 3.32. The van der Waals surface area contributed by atoms with Gasteiger partial charge in [-0.3, -0.25) is 4.39 Å². The van der Waals surface area contributed by atoms with Gasteiger partial charge in [0, 0.05) is 16.6 Å². The molecule has 5 heteroatoms. The number of halogens is 2. The van der Waals surface area contributed by atoms with Crippen LogP contribution in [0, 0.1) is 3.57 Å². The number of rotatable bonds is 6. The molecule has 0 fully saturated rings. The van der Waals surface area contributed by atoms with Crippen molar-refractivity contribution in [3.63, 3.8) is 0 Å². The number of benzene rings is 2. The highest BCUT2D eigenvalue weighted by Crippen LogP contribution is 2.30. The maximum Gasteiger partial charge on any atom is 0.338 e. The Morgan fingerprint density at radius 2 is 2.00 bits per heavy atom. The molecule has 2 aromatic rings. The maximum absolute atomic E-state index is 12.5. The van der Waals surface area contributed by atoms with Gasteiger partial charge in [-0.2, -0.15) is 0 Å². The van der Waals surface area contributed by atoms with Gasteiger partial charge in [-0.05, 0) is 57.3 Å². The zero-order chi connectivity index (χ0) is 16.8. The topological polar surface area (TPSA) is 46.5 Å². The summed E-state index contributed by atoms with van der Waals surface area (Å²) in [5, 5.41) is 9.21. The van der Waals surface area contributed by atoms with Crippen LogP contribution < -0.4 is 0 Å². The van der Waals surface area contributed by atoms with Crippen LogP contribution in [0.3, 0.4) is 0 Å². The molecule has 0 aliphatic heterocycles. The van der Waals surface area contributed by atoms with Gasteiger partial charge in [0.25, 0.3) is 0 Å². The molecular weight excluding hydrogens is 410 g/mol. The molecule has 0 spiro atoms. The van der Waals surface area contributed by atoms with Crippen LogP contribution in [0.25, 0.3) is 11.1 Å². The average Bonchev–Trinajstić information content (AvgIpc) is 2.56. The van der Waals surface area contributed by atoms with Crippen LogP contribution in [-0.4, -0.2) is 31.5 Å². The standard InChI is InChI=1S/C18H18FIO3/c1-23-18(22)17-13(8-10-21)3-2-4-15(17)14-6-5-12(7-9-19)16(20)11-14/h2-6,11,21H,7-10H2,1H3. The molecule has 1 N–H and O–H groups in total. The summed E-state index contributed by atoms with van der Waals surface area (Å²) < 4.78 is 18.4. The minimum Gasteiger partial charge on any atom is -0.465 e. The molecule has 0 aliphatic rings. The Morgan fingerprint density at radius 1 is 1.22 bits per heavy atom. The fourth-order valence-electron chi connectivity index (χ4n) is 2.53. The van der Waals surface area contributed by atoms with E-state index in [0.717, 1.165) is 25.8 Å². The van der Waals surface area contributed by atoms with Gasteiger partial charge in [0.2, 0.25) is 0 Å². The minimum atomic E-state index is -0.424. The molecule has 122 valence electrons. The number of aliphatic hydroxyl groups excluding tert-OH is 1. The van der Waals surface area contributed by atoms with Crippen LogP contribution >= 0.6 is 22.6 Å². The Balaban J connectivity index is 2.56. The van der Waals surface area contributed by atoms with E-state index in [1.54, 1.807) is 0 Å². The predicted octanol–water partition coefficient (Wildman–Crippen LogP) is 3.79. The van der Waals surface area contributed by atoms with E-state index in [1.807, 2.05) is 36.4 Å². The quantitative estimate of drug-likeness (QED) is 0.563. The molecule has 0 atom stereocenters. The number of aryl methyl sites for hydroxylation is 1. The summed E-state index contributed by atoms with van der Waals surface area (Å²) >= 11 is 2.18. The van der Waals surface area contributed by atoms with E-state index in [4.69, 9.17) is 4.74 Å². The molecule has 2 aromatic carbocycles. The molecule has 0 saturated carbocycles. The van der Waals surface area contributed by atoms with Crippen molar-refractivity contribution in [2.45, 2.75) is 12.8 Å². The van der Waals surface area contributed by atoms with Crippen molar-refractivity contribution < 1.29 is 19.0 Å². The maximum atomic E-state index is 12.5. The highest BCUT2D eigenvalue weighted by atomic mass is 127. The van der Waals surface area contributed by atoms with Gasteiger partial charge in [-0.15, -0.1) is 0 Å². The molecule has 23 heavy (non-hydrogen) atoms. The van der Waals surface area contributed by atoms with Crippen molar-refractivity contribution in [3.05, 3.63) is 56.7 Å². The number of carbonyl (C=O) groups excluding carboxylic acids is 1. The molecule has 0 aliphatic carbocycles. The lowest BCUT2D eigenvalue weighted by Crippen LogP contribution is -2.09. The molecule has 0 bridgehead atoms. The monoisotopic (exact) mass is 428 g/mol. The first-order chi connectivity index (χ1) is 11.1. The Kier molecular flexibility index (Phi) is 6.53. The number of ether oxygens (including phenoxy) is 1. The van der Waals surface area contributed by atoms with Crippen LogP contribution in [0.4, 0.5) is 4.39 Å². The Labute approximate surface area is 148 Å².